The third kappa shape index (κ3) is 2.12. The fourth-order valence-corrected chi connectivity index (χ4v) is 2.40. The van der Waals surface area contributed by atoms with Crippen LogP contribution in [-0.2, 0) is 4.79 Å². The number of rotatable bonds is 4. The van der Waals surface area contributed by atoms with Gasteiger partial charge in [-0.3, -0.25) is 4.79 Å². The van der Waals surface area contributed by atoms with Crippen molar-refractivity contribution in [3.8, 4) is 0 Å². The van der Waals surface area contributed by atoms with Gasteiger partial charge in [-0.05, 0) is 31.0 Å². The smallest absolute Gasteiger partial charge is 0.322 e. The quantitative estimate of drug-likeness (QED) is 0.690. The molecule has 1 heterocycles. The topological polar surface area (TPSA) is 75.3 Å². The van der Waals surface area contributed by atoms with Gasteiger partial charge in [-0.15, -0.1) is 11.3 Å². The maximum Gasteiger partial charge on any atom is 0.322 e. The highest BCUT2D eigenvalue weighted by Gasteiger charge is 2.26. The van der Waals surface area contributed by atoms with Crippen LogP contribution in [0, 0.1) is 6.92 Å². The zero-order chi connectivity index (χ0) is 10.7. The highest BCUT2D eigenvalue weighted by atomic mass is 32.1. The van der Waals surface area contributed by atoms with Gasteiger partial charge in [0.25, 0.3) is 0 Å². The maximum atomic E-state index is 10.7. The Balaban J connectivity index is 2.93. The summed E-state index contributed by atoms with van der Waals surface area (Å²) in [6, 6.07) is 0.740. The number of aliphatic carboxylic acids is 1. The zero-order valence-corrected chi connectivity index (χ0v) is 8.97. The Morgan fingerprint density at radius 2 is 2.36 bits per heavy atom. The molecule has 0 aliphatic carbocycles. The molecule has 5 heteroatoms. The van der Waals surface area contributed by atoms with Crippen molar-refractivity contribution in [2.75, 3.05) is 7.05 Å². The van der Waals surface area contributed by atoms with Gasteiger partial charge in [-0.25, -0.2) is 0 Å². The first-order valence-electron chi connectivity index (χ1n) is 4.27. The molecule has 0 spiro atoms. The lowest BCUT2D eigenvalue weighted by Crippen LogP contribution is -2.42. The van der Waals surface area contributed by atoms with Gasteiger partial charge in [0.1, 0.15) is 6.04 Å². The standard InChI is InChI=1S/C9H14N2O2S/c1-5-3-4-14-8(5)7(11-2)6(10)9(12)13/h3-4,6-7,11H,10H2,1-2H3,(H,12,13). The van der Waals surface area contributed by atoms with E-state index in [1.165, 1.54) is 11.3 Å². The van der Waals surface area contributed by atoms with Gasteiger partial charge in [-0.2, -0.15) is 0 Å². The number of thiophene rings is 1. The van der Waals surface area contributed by atoms with Crippen molar-refractivity contribution >= 4 is 17.3 Å². The molecule has 0 saturated carbocycles. The molecule has 0 aliphatic heterocycles. The molecule has 4 nitrogen and oxygen atoms in total. The highest BCUT2D eigenvalue weighted by Crippen LogP contribution is 2.25. The molecule has 0 fully saturated rings. The molecule has 2 atom stereocenters. The van der Waals surface area contributed by atoms with Crippen LogP contribution in [0.2, 0.25) is 0 Å². The van der Waals surface area contributed by atoms with Crippen LogP contribution in [0.15, 0.2) is 11.4 Å². The predicted molar refractivity (Wildman–Crippen MR) is 56.5 cm³/mol. The van der Waals surface area contributed by atoms with E-state index in [1.807, 2.05) is 18.4 Å². The van der Waals surface area contributed by atoms with Crippen LogP contribution in [0.3, 0.4) is 0 Å². The normalized spacial score (nSPS) is 15.1. The first kappa shape index (κ1) is 11.2. The largest absolute Gasteiger partial charge is 0.480 e. The number of carboxylic acids is 1. The number of likely N-dealkylation sites (N-methyl/N-ethyl adjacent to an activating group) is 1. The first-order chi connectivity index (χ1) is 6.57. The van der Waals surface area contributed by atoms with E-state index in [2.05, 4.69) is 5.32 Å². The Kier molecular flexibility index (Phi) is 3.62. The number of aryl methyl sites for hydroxylation is 1. The lowest BCUT2D eigenvalue weighted by Gasteiger charge is -2.19. The second kappa shape index (κ2) is 4.54. The monoisotopic (exact) mass is 214 g/mol. The minimum atomic E-state index is -0.989. The van der Waals surface area contributed by atoms with Crippen LogP contribution >= 0.6 is 11.3 Å². The third-order valence-corrected chi connectivity index (χ3v) is 3.24. The van der Waals surface area contributed by atoms with Gasteiger partial charge < -0.3 is 16.2 Å². The molecule has 1 aromatic rings. The molecule has 78 valence electrons. The van der Waals surface area contributed by atoms with Crippen molar-refractivity contribution in [1.82, 2.24) is 5.32 Å². The van der Waals surface area contributed by atoms with Crippen molar-refractivity contribution in [1.29, 1.82) is 0 Å². The van der Waals surface area contributed by atoms with Crippen LogP contribution in [0.4, 0.5) is 0 Å². The molecule has 1 aromatic heterocycles. The average Bonchev–Trinajstić information content (AvgIpc) is 2.53. The van der Waals surface area contributed by atoms with E-state index in [0.29, 0.717) is 0 Å². The Morgan fingerprint density at radius 3 is 2.71 bits per heavy atom. The van der Waals surface area contributed by atoms with E-state index in [9.17, 15) is 4.79 Å². The van der Waals surface area contributed by atoms with Gasteiger partial charge in [0, 0.05) is 4.88 Å². The number of nitrogens with one attached hydrogen (secondary N) is 1. The van der Waals surface area contributed by atoms with E-state index in [1.54, 1.807) is 7.05 Å². The second-order valence-electron chi connectivity index (χ2n) is 3.10. The van der Waals surface area contributed by atoms with Crippen molar-refractivity contribution in [3.63, 3.8) is 0 Å². The van der Waals surface area contributed by atoms with Gasteiger partial charge in [0.2, 0.25) is 0 Å². The summed E-state index contributed by atoms with van der Waals surface area (Å²) in [5.41, 5.74) is 6.65. The number of carboxylic acid groups (broad SMARTS) is 1. The Hall–Kier alpha value is -0.910. The molecule has 0 bridgehead atoms. The van der Waals surface area contributed by atoms with Crippen molar-refractivity contribution < 1.29 is 9.90 Å². The van der Waals surface area contributed by atoms with Crippen molar-refractivity contribution in [2.45, 2.75) is 19.0 Å². The van der Waals surface area contributed by atoms with Gasteiger partial charge in [0.15, 0.2) is 0 Å². The summed E-state index contributed by atoms with van der Waals surface area (Å²) in [5, 5.41) is 13.7. The highest BCUT2D eigenvalue weighted by molar-refractivity contribution is 7.10. The zero-order valence-electron chi connectivity index (χ0n) is 8.15. The number of nitrogens with two attached hydrogens (primary N) is 1. The number of carbonyl (C=O) groups is 1. The van der Waals surface area contributed by atoms with E-state index < -0.39 is 12.0 Å². The van der Waals surface area contributed by atoms with Gasteiger partial charge >= 0.3 is 5.97 Å². The first-order valence-corrected chi connectivity index (χ1v) is 5.15. The SMILES string of the molecule is CNC(c1sccc1C)C(N)C(=O)O. The van der Waals surface area contributed by atoms with Gasteiger partial charge in [0.05, 0.1) is 6.04 Å². The average molecular weight is 214 g/mol. The van der Waals surface area contributed by atoms with Crippen LogP contribution in [0.1, 0.15) is 16.5 Å². The van der Waals surface area contributed by atoms with Crippen LogP contribution in [0.25, 0.3) is 0 Å². The Morgan fingerprint density at radius 1 is 1.71 bits per heavy atom. The molecule has 4 N–H and O–H groups in total. The summed E-state index contributed by atoms with van der Waals surface area (Å²) < 4.78 is 0. The Bertz CT molecular complexity index is 324. The molecule has 0 saturated heterocycles. The lowest BCUT2D eigenvalue weighted by atomic mass is 10.1. The fraction of sp³-hybridized carbons (Fsp3) is 0.444. The van der Waals surface area contributed by atoms with E-state index >= 15 is 0 Å². The van der Waals surface area contributed by atoms with E-state index in [4.69, 9.17) is 10.8 Å². The molecular weight excluding hydrogens is 200 g/mol. The lowest BCUT2D eigenvalue weighted by molar-refractivity contribution is -0.139. The van der Waals surface area contributed by atoms with Crippen LogP contribution < -0.4 is 11.1 Å². The van der Waals surface area contributed by atoms with E-state index in [0.717, 1.165) is 10.4 Å². The summed E-state index contributed by atoms with van der Waals surface area (Å²) in [7, 11) is 1.71. The molecule has 1 rings (SSSR count). The second-order valence-corrected chi connectivity index (χ2v) is 4.05. The number of hydrogen-bond acceptors (Lipinski definition) is 4. The molecule has 0 aliphatic rings. The molecule has 2 unspecified atom stereocenters. The molecule has 0 aromatic carbocycles. The molecular formula is C9H14N2O2S. The Labute approximate surface area is 86.7 Å². The molecule has 0 radical (unpaired) electrons. The summed E-state index contributed by atoms with van der Waals surface area (Å²) in [4.78, 5) is 11.7. The van der Waals surface area contributed by atoms with Crippen LogP contribution in [-0.4, -0.2) is 24.2 Å². The van der Waals surface area contributed by atoms with E-state index in [-0.39, 0.29) is 6.04 Å². The minimum Gasteiger partial charge on any atom is -0.480 e. The molecule has 0 amide bonds. The summed E-state index contributed by atoms with van der Waals surface area (Å²) in [5.74, 6) is -0.989. The summed E-state index contributed by atoms with van der Waals surface area (Å²) >= 11 is 1.52. The third-order valence-electron chi connectivity index (χ3n) is 2.14. The van der Waals surface area contributed by atoms with Gasteiger partial charge in [-0.1, -0.05) is 0 Å². The van der Waals surface area contributed by atoms with Crippen molar-refractivity contribution in [2.24, 2.45) is 5.73 Å². The van der Waals surface area contributed by atoms with Crippen molar-refractivity contribution in [3.05, 3.63) is 21.9 Å². The summed E-state index contributed by atoms with van der Waals surface area (Å²) in [6.07, 6.45) is 0. The van der Waals surface area contributed by atoms with Crippen LogP contribution in [0.5, 0.6) is 0 Å². The summed E-state index contributed by atoms with van der Waals surface area (Å²) in [6.45, 7) is 1.95. The predicted octanol–water partition coefficient (Wildman–Crippen LogP) is 0.729. The fourth-order valence-electron chi connectivity index (χ4n) is 1.32. The minimum absolute atomic E-state index is 0.313. The number of hydrogen-bond donors (Lipinski definition) is 3. The molecule has 14 heavy (non-hydrogen) atoms. The maximum absolute atomic E-state index is 10.7.